The van der Waals surface area contributed by atoms with E-state index in [1.54, 1.807) is 11.1 Å². The number of aliphatic hydroxyl groups excluding tert-OH is 1. The van der Waals surface area contributed by atoms with E-state index in [0.717, 1.165) is 54.9 Å². The minimum absolute atomic E-state index is 0.142. The number of aliphatic hydroxyl groups is 1. The van der Waals surface area contributed by atoms with Gasteiger partial charge in [0.2, 0.25) is 0 Å². The Bertz CT molecular complexity index is 771. The number of carbonyl (C=O) groups is 1. The molecule has 3 nitrogen and oxygen atoms in total. The molecule has 30 heavy (non-hydrogen) atoms. The Morgan fingerprint density at radius 1 is 1.00 bits per heavy atom. The molecule has 0 amide bonds. The first kappa shape index (κ1) is 20.0. The van der Waals surface area contributed by atoms with Crippen molar-refractivity contribution in [1.29, 1.82) is 0 Å². The van der Waals surface area contributed by atoms with Crippen molar-refractivity contribution in [1.82, 2.24) is 4.90 Å². The fourth-order valence-corrected chi connectivity index (χ4v) is 9.65. The van der Waals surface area contributed by atoms with E-state index in [0.29, 0.717) is 18.1 Å². The third kappa shape index (κ3) is 2.73. The summed E-state index contributed by atoms with van der Waals surface area (Å²) in [6, 6.07) is 0.827. The lowest BCUT2D eigenvalue weighted by molar-refractivity contribution is -0.133. The van der Waals surface area contributed by atoms with Crippen molar-refractivity contribution < 1.29 is 9.90 Å². The Morgan fingerprint density at radius 2 is 1.83 bits per heavy atom. The van der Waals surface area contributed by atoms with Crippen molar-refractivity contribution in [2.24, 2.45) is 46.8 Å². The van der Waals surface area contributed by atoms with Crippen molar-refractivity contribution >= 4 is 5.78 Å². The highest BCUT2D eigenvalue weighted by Gasteiger charge is 2.58. The lowest BCUT2D eigenvalue weighted by Gasteiger charge is -2.55. The smallest absolute Gasteiger partial charge is 0.133 e. The molecule has 0 aromatic heterocycles. The molecule has 2 aliphatic heterocycles. The number of allylic oxidation sites excluding steroid dienone is 1. The number of hydrogen-bond acceptors (Lipinski definition) is 3. The van der Waals surface area contributed by atoms with Crippen LogP contribution in [0.25, 0.3) is 0 Å². The molecule has 2 saturated heterocycles. The van der Waals surface area contributed by atoms with Crippen molar-refractivity contribution in [2.45, 2.75) is 90.7 Å². The zero-order chi connectivity index (χ0) is 20.8. The number of hydrogen-bond donors (Lipinski definition) is 1. The molecule has 166 valence electrons. The third-order valence-electron chi connectivity index (χ3n) is 11.2. The predicted molar refractivity (Wildman–Crippen MR) is 119 cm³/mol. The molecule has 10 unspecified atom stereocenters. The lowest BCUT2D eigenvalue weighted by atomic mass is 9.53. The van der Waals surface area contributed by atoms with E-state index in [4.69, 9.17) is 0 Å². The minimum atomic E-state index is -0.299. The second-order valence-electron chi connectivity index (χ2n) is 12.5. The number of nitrogens with zero attached hydrogens (tertiary/aromatic N) is 1. The van der Waals surface area contributed by atoms with Crippen LogP contribution in [-0.2, 0) is 4.79 Å². The summed E-state index contributed by atoms with van der Waals surface area (Å²) in [6.45, 7) is 10.1. The molecular weight excluding hydrogens is 370 g/mol. The van der Waals surface area contributed by atoms with Gasteiger partial charge in [-0.05, 0) is 91.8 Å². The van der Waals surface area contributed by atoms with Gasteiger partial charge in [-0.2, -0.15) is 0 Å². The van der Waals surface area contributed by atoms with Gasteiger partial charge in [0.1, 0.15) is 5.78 Å². The average Bonchev–Trinajstić information content (AvgIpc) is 3.09. The maximum Gasteiger partial charge on any atom is 0.133 e. The number of carbonyl (C=O) groups excluding carboxylic acids is 1. The SMILES string of the molecule is CC1CCC2C(C)C3CCC4=C5CC(O)C6CC(=O)CCC6(C)C5CC4C3CN2C1. The highest BCUT2D eigenvalue weighted by atomic mass is 16.3. The van der Waals surface area contributed by atoms with Crippen LogP contribution in [0.1, 0.15) is 78.6 Å². The fourth-order valence-electron chi connectivity index (χ4n) is 9.65. The van der Waals surface area contributed by atoms with Crippen molar-refractivity contribution in [3.8, 4) is 0 Å². The summed E-state index contributed by atoms with van der Waals surface area (Å²) < 4.78 is 0. The van der Waals surface area contributed by atoms with E-state index in [-0.39, 0.29) is 17.4 Å². The van der Waals surface area contributed by atoms with Gasteiger partial charge in [-0.1, -0.05) is 31.9 Å². The Labute approximate surface area is 182 Å². The summed E-state index contributed by atoms with van der Waals surface area (Å²) in [5.41, 5.74) is 3.57. The van der Waals surface area contributed by atoms with Crippen LogP contribution in [0.5, 0.6) is 0 Å². The molecule has 6 aliphatic rings. The van der Waals surface area contributed by atoms with Gasteiger partial charge >= 0.3 is 0 Å². The Kier molecular flexibility index (Phi) is 4.60. The zero-order valence-corrected chi connectivity index (χ0v) is 19.3. The summed E-state index contributed by atoms with van der Waals surface area (Å²) >= 11 is 0. The number of piperidine rings is 2. The molecule has 0 radical (unpaired) electrons. The lowest BCUT2D eigenvalue weighted by Crippen LogP contribution is -2.58. The van der Waals surface area contributed by atoms with Crippen LogP contribution in [-0.4, -0.2) is 41.0 Å². The molecule has 0 aromatic rings. The predicted octanol–water partition coefficient (Wildman–Crippen LogP) is 4.84. The van der Waals surface area contributed by atoms with Gasteiger partial charge in [0, 0.05) is 32.0 Å². The molecule has 0 spiro atoms. The monoisotopic (exact) mass is 411 g/mol. The van der Waals surface area contributed by atoms with Crippen LogP contribution in [0.2, 0.25) is 0 Å². The van der Waals surface area contributed by atoms with Crippen molar-refractivity contribution in [3.05, 3.63) is 11.1 Å². The van der Waals surface area contributed by atoms with E-state index in [9.17, 15) is 9.90 Å². The van der Waals surface area contributed by atoms with Crippen LogP contribution in [0.15, 0.2) is 11.1 Å². The number of fused-ring (bicyclic) bond motifs is 7. The van der Waals surface area contributed by atoms with Gasteiger partial charge in [0.25, 0.3) is 0 Å². The molecular formula is C27H41NO2. The molecule has 0 aromatic carbocycles. The summed E-state index contributed by atoms with van der Waals surface area (Å²) in [5.74, 6) is 5.38. The second kappa shape index (κ2) is 6.91. The van der Waals surface area contributed by atoms with E-state index in [1.165, 1.54) is 45.2 Å². The Balaban J connectivity index is 1.32. The molecule has 6 rings (SSSR count). The van der Waals surface area contributed by atoms with Crippen LogP contribution >= 0.6 is 0 Å². The van der Waals surface area contributed by atoms with E-state index < -0.39 is 0 Å². The third-order valence-corrected chi connectivity index (χ3v) is 11.2. The normalized spacial score (nSPS) is 53.5. The average molecular weight is 412 g/mol. The van der Waals surface area contributed by atoms with Crippen molar-refractivity contribution in [2.75, 3.05) is 13.1 Å². The largest absolute Gasteiger partial charge is 0.392 e. The van der Waals surface area contributed by atoms with Crippen LogP contribution < -0.4 is 0 Å². The van der Waals surface area contributed by atoms with Gasteiger partial charge < -0.3 is 5.11 Å². The first-order valence-corrected chi connectivity index (χ1v) is 13.0. The molecule has 10 atom stereocenters. The fraction of sp³-hybridized carbons (Fsp3) is 0.889. The summed E-state index contributed by atoms with van der Waals surface area (Å²) in [7, 11) is 0. The van der Waals surface area contributed by atoms with Gasteiger partial charge in [-0.15, -0.1) is 0 Å². The van der Waals surface area contributed by atoms with E-state index in [1.807, 2.05) is 0 Å². The summed E-state index contributed by atoms with van der Waals surface area (Å²) in [4.78, 5) is 15.1. The molecule has 1 N–H and O–H groups in total. The molecule has 3 saturated carbocycles. The number of rotatable bonds is 0. The quantitative estimate of drug-likeness (QED) is 0.580. The molecule has 4 aliphatic carbocycles. The molecule has 3 heteroatoms. The van der Waals surface area contributed by atoms with E-state index >= 15 is 0 Å². The van der Waals surface area contributed by atoms with E-state index in [2.05, 4.69) is 25.7 Å². The molecule has 0 bridgehead atoms. The van der Waals surface area contributed by atoms with Crippen LogP contribution in [0.3, 0.4) is 0 Å². The minimum Gasteiger partial charge on any atom is -0.392 e. The standard InChI is InChI=1S/C27H41NO2/c1-15-4-7-25-16(2)18-5-6-19-20(22(18)14-28(25)13-15)11-23-21(19)12-26(30)24-10-17(29)8-9-27(23,24)3/h15-16,18,20,22-26,30H,4-14H2,1-3H3. The van der Waals surface area contributed by atoms with Gasteiger partial charge in [0.05, 0.1) is 6.10 Å². The van der Waals surface area contributed by atoms with Gasteiger partial charge in [0.15, 0.2) is 0 Å². The highest BCUT2D eigenvalue weighted by Crippen LogP contribution is 2.64. The number of ketones is 1. The first-order valence-electron chi connectivity index (χ1n) is 13.0. The molecule has 5 fully saturated rings. The highest BCUT2D eigenvalue weighted by molar-refractivity contribution is 5.80. The maximum absolute atomic E-state index is 12.2. The van der Waals surface area contributed by atoms with Gasteiger partial charge in [-0.3, -0.25) is 9.69 Å². The number of Topliss-reactive ketones (excluding diaryl/α,β-unsaturated/α-hetero) is 1. The Morgan fingerprint density at radius 3 is 2.67 bits per heavy atom. The maximum atomic E-state index is 12.2. The first-order chi connectivity index (χ1) is 14.4. The topological polar surface area (TPSA) is 40.5 Å². The van der Waals surface area contributed by atoms with Crippen molar-refractivity contribution in [3.63, 3.8) is 0 Å². The second-order valence-corrected chi connectivity index (χ2v) is 12.5. The Hall–Kier alpha value is -0.670. The zero-order valence-electron chi connectivity index (χ0n) is 19.3. The molecule has 2 heterocycles. The van der Waals surface area contributed by atoms with Crippen LogP contribution in [0.4, 0.5) is 0 Å². The summed E-state index contributed by atoms with van der Waals surface area (Å²) in [5, 5.41) is 11.1. The summed E-state index contributed by atoms with van der Waals surface area (Å²) in [6.07, 6.45) is 9.73. The van der Waals surface area contributed by atoms with Gasteiger partial charge in [-0.25, -0.2) is 0 Å². The van der Waals surface area contributed by atoms with Crippen LogP contribution in [0, 0.1) is 46.8 Å².